The molecule has 0 fully saturated rings. The molecule has 98 valence electrons. The number of hydrogen-bond acceptors (Lipinski definition) is 4. The Kier molecular flexibility index (Phi) is 4.67. The lowest BCUT2D eigenvalue weighted by atomic mass is 10.2. The van der Waals surface area contributed by atoms with Gasteiger partial charge in [0, 0.05) is 0 Å². The van der Waals surface area contributed by atoms with Gasteiger partial charge in [-0.15, -0.1) is 13.2 Å². The molecular formula is C13H16O4S. The summed E-state index contributed by atoms with van der Waals surface area (Å²) in [6.45, 7) is 8.55. The van der Waals surface area contributed by atoms with E-state index in [1.807, 2.05) is 0 Å². The van der Waals surface area contributed by atoms with Crippen molar-refractivity contribution in [2.24, 2.45) is 0 Å². The highest BCUT2D eigenvalue weighted by Crippen LogP contribution is 2.17. The molecule has 0 unspecified atom stereocenters. The molecule has 0 bridgehead atoms. The maximum absolute atomic E-state index is 12.1. The van der Waals surface area contributed by atoms with Crippen molar-refractivity contribution in [1.29, 1.82) is 0 Å². The van der Waals surface area contributed by atoms with Crippen molar-refractivity contribution in [2.75, 3.05) is 5.75 Å². The Labute approximate surface area is 107 Å². The molecule has 0 aliphatic heterocycles. The first-order chi connectivity index (χ1) is 8.42. The quantitative estimate of drug-likeness (QED) is 0.740. The molecule has 4 nitrogen and oxygen atoms in total. The molecule has 1 aromatic heterocycles. The third-order valence-electron chi connectivity index (χ3n) is 2.41. The largest absolute Gasteiger partial charge is 0.428 e. The Morgan fingerprint density at radius 3 is 2.56 bits per heavy atom. The van der Waals surface area contributed by atoms with E-state index < -0.39 is 15.5 Å². The highest BCUT2D eigenvalue weighted by Gasteiger charge is 2.21. The van der Waals surface area contributed by atoms with Crippen molar-refractivity contribution in [3.8, 4) is 0 Å². The Morgan fingerprint density at radius 2 is 2.00 bits per heavy atom. The van der Waals surface area contributed by atoms with Gasteiger partial charge in [-0.05, 0) is 25.8 Å². The SMILES string of the molecule is C=CCCS(=O)(=O)c1cc(C)oc(=O)c1CC=C. The molecule has 1 rings (SSSR count). The number of rotatable bonds is 6. The molecule has 0 aromatic carbocycles. The predicted octanol–water partition coefficient (Wildman–Crippen LogP) is 2.03. The van der Waals surface area contributed by atoms with Gasteiger partial charge in [0.25, 0.3) is 0 Å². The molecule has 18 heavy (non-hydrogen) atoms. The van der Waals surface area contributed by atoms with E-state index in [0.717, 1.165) is 0 Å². The zero-order chi connectivity index (χ0) is 13.8. The van der Waals surface area contributed by atoms with E-state index in [1.165, 1.54) is 18.2 Å². The van der Waals surface area contributed by atoms with E-state index in [2.05, 4.69) is 13.2 Å². The Balaban J connectivity index is 3.42. The molecule has 1 aromatic rings. The third kappa shape index (κ3) is 3.20. The summed E-state index contributed by atoms with van der Waals surface area (Å²) in [5.41, 5.74) is -0.480. The van der Waals surface area contributed by atoms with E-state index in [4.69, 9.17) is 4.42 Å². The Morgan fingerprint density at radius 1 is 1.33 bits per heavy atom. The molecule has 1 heterocycles. The van der Waals surface area contributed by atoms with E-state index >= 15 is 0 Å². The van der Waals surface area contributed by atoms with Gasteiger partial charge >= 0.3 is 5.63 Å². The first-order valence-corrected chi connectivity index (χ1v) is 7.15. The first kappa shape index (κ1) is 14.4. The molecule has 0 aliphatic carbocycles. The van der Waals surface area contributed by atoms with Gasteiger partial charge in [0.2, 0.25) is 0 Å². The Bertz CT molecular complexity index is 608. The highest BCUT2D eigenvalue weighted by molar-refractivity contribution is 7.91. The summed E-state index contributed by atoms with van der Waals surface area (Å²) in [7, 11) is -3.50. The van der Waals surface area contributed by atoms with Gasteiger partial charge in [0.15, 0.2) is 9.84 Å². The molecule has 0 amide bonds. The fourth-order valence-electron chi connectivity index (χ4n) is 1.56. The van der Waals surface area contributed by atoms with E-state index in [9.17, 15) is 13.2 Å². The van der Waals surface area contributed by atoms with Crippen LogP contribution in [0.1, 0.15) is 17.7 Å². The lowest BCUT2D eigenvalue weighted by Gasteiger charge is -2.08. The molecule has 0 saturated carbocycles. The number of aryl methyl sites for hydroxylation is 1. The zero-order valence-corrected chi connectivity index (χ0v) is 11.1. The summed E-state index contributed by atoms with van der Waals surface area (Å²) in [5, 5.41) is 0. The van der Waals surface area contributed by atoms with Crippen LogP contribution in [0.15, 0.2) is 45.5 Å². The molecular weight excluding hydrogens is 252 g/mol. The van der Waals surface area contributed by atoms with Crippen LogP contribution in [-0.2, 0) is 16.3 Å². The molecule has 0 aliphatic rings. The molecule has 0 radical (unpaired) electrons. The summed E-state index contributed by atoms with van der Waals surface area (Å²) >= 11 is 0. The van der Waals surface area contributed by atoms with Gasteiger partial charge < -0.3 is 4.42 Å². The van der Waals surface area contributed by atoms with Gasteiger partial charge in [-0.25, -0.2) is 13.2 Å². The minimum atomic E-state index is -3.50. The zero-order valence-electron chi connectivity index (χ0n) is 10.3. The second-order valence-corrected chi connectivity index (χ2v) is 5.95. The number of allylic oxidation sites excluding steroid dienone is 2. The normalized spacial score (nSPS) is 11.2. The fourth-order valence-corrected chi connectivity index (χ4v) is 3.15. The summed E-state index contributed by atoms with van der Waals surface area (Å²) in [4.78, 5) is 11.7. The third-order valence-corrected chi connectivity index (χ3v) is 4.21. The molecule has 5 heteroatoms. The predicted molar refractivity (Wildman–Crippen MR) is 70.5 cm³/mol. The van der Waals surface area contributed by atoms with Crippen molar-refractivity contribution >= 4 is 9.84 Å². The van der Waals surface area contributed by atoms with Crippen molar-refractivity contribution in [3.05, 3.63) is 53.1 Å². The maximum atomic E-state index is 12.1. The van der Waals surface area contributed by atoms with Crippen LogP contribution in [0.2, 0.25) is 0 Å². The van der Waals surface area contributed by atoms with Crippen LogP contribution in [-0.4, -0.2) is 14.2 Å². The molecule has 0 saturated heterocycles. The second kappa shape index (κ2) is 5.82. The maximum Gasteiger partial charge on any atom is 0.340 e. The summed E-state index contributed by atoms with van der Waals surface area (Å²) in [6.07, 6.45) is 3.53. The molecule has 0 N–H and O–H groups in total. The van der Waals surface area contributed by atoms with E-state index in [0.29, 0.717) is 6.42 Å². The van der Waals surface area contributed by atoms with Gasteiger partial charge in [-0.3, -0.25) is 0 Å². The van der Waals surface area contributed by atoms with Crippen molar-refractivity contribution in [3.63, 3.8) is 0 Å². The van der Waals surface area contributed by atoms with E-state index in [1.54, 1.807) is 6.92 Å². The lowest BCUT2D eigenvalue weighted by Crippen LogP contribution is -2.17. The minimum Gasteiger partial charge on any atom is -0.428 e. The minimum absolute atomic E-state index is 0.0398. The van der Waals surface area contributed by atoms with E-state index in [-0.39, 0.29) is 28.4 Å². The second-order valence-electron chi connectivity index (χ2n) is 3.88. The fraction of sp³-hybridized carbons (Fsp3) is 0.308. The highest BCUT2D eigenvalue weighted by atomic mass is 32.2. The van der Waals surface area contributed by atoms with Crippen LogP contribution in [0.3, 0.4) is 0 Å². The van der Waals surface area contributed by atoms with Gasteiger partial charge in [0.05, 0.1) is 16.2 Å². The topological polar surface area (TPSA) is 64.3 Å². The van der Waals surface area contributed by atoms with Crippen LogP contribution in [0, 0.1) is 6.92 Å². The smallest absolute Gasteiger partial charge is 0.340 e. The number of sulfone groups is 1. The van der Waals surface area contributed by atoms with Gasteiger partial charge in [0.1, 0.15) is 5.76 Å². The van der Waals surface area contributed by atoms with Crippen LogP contribution >= 0.6 is 0 Å². The van der Waals surface area contributed by atoms with Crippen molar-refractivity contribution in [2.45, 2.75) is 24.7 Å². The van der Waals surface area contributed by atoms with Crippen LogP contribution in [0.4, 0.5) is 0 Å². The average Bonchev–Trinajstić information content (AvgIpc) is 2.29. The number of hydrogen-bond donors (Lipinski definition) is 0. The van der Waals surface area contributed by atoms with Gasteiger partial charge in [-0.2, -0.15) is 0 Å². The summed E-state index contributed by atoms with van der Waals surface area (Å²) in [5.74, 6) is 0.216. The van der Waals surface area contributed by atoms with Crippen LogP contribution in [0.5, 0.6) is 0 Å². The van der Waals surface area contributed by atoms with Crippen LogP contribution in [0.25, 0.3) is 0 Å². The summed E-state index contributed by atoms with van der Waals surface area (Å²) < 4.78 is 29.2. The van der Waals surface area contributed by atoms with Crippen molar-refractivity contribution < 1.29 is 12.8 Å². The lowest BCUT2D eigenvalue weighted by molar-refractivity contribution is 0.466. The average molecular weight is 268 g/mol. The first-order valence-electron chi connectivity index (χ1n) is 5.50. The molecule has 0 spiro atoms. The van der Waals surface area contributed by atoms with Crippen molar-refractivity contribution in [1.82, 2.24) is 0 Å². The standard InChI is InChI=1S/C13H16O4S/c1-4-6-8-18(15,16)12-9-10(3)17-13(14)11(12)7-5-2/h4-5,9H,1-2,6-8H2,3H3. The van der Waals surface area contributed by atoms with Gasteiger partial charge in [-0.1, -0.05) is 12.2 Å². The Hall–Kier alpha value is -1.62. The molecule has 0 atom stereocenters. The van der Waals surface area contributed by atoms with Crippen LogP contribution < -0.4 is 5.63 Å². The summed E-state index contributed by atoms with van der Waals surface area (Å²) in [6, 6.07) is 1.39. The monoisotopic (exact) mass is 268 g/mol.